The number of nitrogens with zero attached hydrogens (tertiary/aromatic N) is 2. The maximum atomic E-state index is 14.4. The van der Waals surface area contributed by atoms with Gasteiger partial charge in [0.2, 0.25) is 11.7 Å². The second-order valence-electron chi connectivity index (χ2n) is 6.95. The normalized spacial score (nSPS) is 11.1. The minimum atomic E-state index is -2.32. The van der Waals surface area contributed by atoms with Crippen LogP contribution in [0.25, 0.3) is 5.69 Å². The number of para-hydroxylation sites is 1. The summed E-state index contributed by atoms with van der Waals surface area (Å²) in [6, 6.07) is 11.5. The molecule has 0 aliphatic rings. The SMILES string of the molecule is Cc1nn(-c2ccccc2)c(OC(=O)c2c(F)cccc2Cl)c1Sc1c(F)c(F)c(F)c(F)c1F. The van der Waals surface area contributed by atoms with Crippen molar-refractivity contribution in [3.8, 4) is 11.6 Å². The van der Waals surface area contributed by atoms with Crippen molar-refractivity contribution in [2.75, 3.05) is 0 Å². The molecule has 0 atom stereocenters. The van der Waals surface area contributed by atoms with Gasteiger partial charge >= 0.3 is 5.97 Å². The zero-order valence-electron chi connectivity index (χ0n) is 17.4. The fourth-order valence-electron chi connectivity index (χ4n) is 3.05. The van der Waals surface area contributed by atoms with Crippen LogP contribution < -0.4 is 4.74 Å². The summed E-state index contributed by atoms with van der Waals surface area (Å²) in [5.74, 6) is -13.5. The fraction of sp³-hybridized carbons (Fsp3) is 0.0435. The Hall–Kier alpha value is -3.44. The molecule has 0 unspecified atom stereocenters. The predicted octanol–water partition coefficient (Wildman–Crippen LogP) is 7.04. The highest BCUT2D eigenvalue weighted by Crippen LogP contribution is 2.43. The third-order valence-corrected chi connectivity index (χ3v) is 6.25. The number of carbonyl (C=O) groups excluding carboxylic acids is 1. The lowest BCUT2D eigenvalue weighted by Crippen LogP contribution is -2.14. The molecule has 0 bridgehead atoms. The molecule has 0 aliphatic carbocycles. The van der Waals surface area contributed by atoms with E-state index in [1.165, 1.54) is 19.1 Å². The zero-order chi connectivity index (χ0) is 25.4. The molecule has 0 saturated heterocycles. The summed E-state index contributed by atoms with van der Waals surface area (Å²) in [6.07, 6.45) is 0. The van der Waals surface area contributed by atoms with Crippen LogP contribution in [0.2, 0.25) is 5.02 Å². The average molecular weight is 529 g/mol. The van der Waals surface area contributed by atoms with Gasteiger partial charge in [-0.05, 0) is 31.2 Å². The van der Waals surface area contributed by atoms with Gasteiger partial charge in [-0.1, -0.05) is 47.6 Å². The minimum Gasteiger partial charge on any atom is -0.402 e. The number of halogens is 7. The first-order chi connectivity index (χ1) is 16.6. The van der Waals surface area contributed by atoms with E-state index in [0.717, 1.165) is 10.7 Å². The molecule has 0 spiro atoms. The molecular weight excluding hydrogens is 518 g/mol. The number of hydrogen-bond donors (Lipinski definition) is 0. The minimum absolute atomic E-state index is 0.0187. The van der Waals surface area contributed by atoms with Gasteiger partial charge in [0, 0.05) is 0 Å². The van der Waals surface area contributed by atoms with Gasteiger partial charge in [-0.2, -0.15) is 9.78 Å². The van der Waals surface area contributed by atoms with E-state index < -0.39 is 57.2 Å². The first-order valence-electron chi connectivity index (χ1n) is 9.62. The number of carbonyl (C=O) groups is 1. The Morgan fingerprint density at radius 1 is 0.857 bits per heavy atom. The van der Waals surface area contributed by atoms with Crippen molar-refractivity contribution in [1.29, 1.82) is 0 Å². The van der Waals surface area contributed by atoms with Gasteiger partial charge in [-0.3, -0.25) is 0 Å². The Balaban J connectivity index is 1.88. The summed E-state index contributed by atoms with van der Waals surface area (Å²) in [4.78, 5) is 11.3. The van der Waals surface area contributed by atoms with Crippen molar-refractivity contribution >= 4 is 29.3 Å². The van der Waals surface area contributed by atoms with Crippen LogP contribution in [0.3, 0.4) is 0 Å². The van der Waals surface area contributed by atoms with E-state index in [2.05, 4.69) is 5.10 Å². The smallest absolute Gasteiger partial charge is 0.349 e. The molecule has 1 aromatic heterocycles. The highest BCUT2D eigenvalue weighted by atomic mass is 35.5. The van der Waals surface area contributed by atoms with Crippen LogP contribution in [0.5, 0.6) is 5.88 Å². The Morgan fingerprint density at radius 2 is 1.46 bits per heavy atom. The van der Waals surface area contributed by atoms with Gasteiger partial charge in [0.25, 0.3) is 0 Å². The lowest BCUT2D eigenvalue weighted by atomic mass is 10.2. The topological polar surface area (TPSA) is 44.1 Å². The summed E-state index contributed by atoms with van der Waals surface area (Å²) in [5.41, 5.74) is -0.285. The number of hydrogen-bond acceptors (Lipinski definition) is 4. The lowest BCUT2D eigenvalue weighted by Gasteiger charge is -2.12. The van der Waals surface area contributed by atoms with Crippen molar-refractivity contribution < 1.29 is 35.9 Å². The van der Waals surface area contributed by atoms with E-state index in [9.17, 15) is 31.1 Å². The Labute approximate surface area is 203 Å². The quantitative estimate of drug-likeness (QED) is 0.121. The van der Waals surface area contributed by atoms with Crippen molar-refractivity contribution in [1.82, 2.24) is 9.78 Å². The molecule has 4 aromatic rings. The van der Waals surface area contributed by atoms with Gasteiger partial charge < -0.3 is 4.74 Å². The highest BCUT2D eigenvalue weighted by molar-refractivity contribution is 7.99. The summed E-state index contributed by atoms with van der Waals surface area (Å²) in [7, 11) is 0. The zero-order valence-corrected chi connectivity index (χ0v) is 19.0. The van der Waals surface area contributed by atoms with Crippen LogP contribution in [0.4, 0.5) is 26.3 Å². The molecule has 180 valence electrons. The largest absolute Gasteiger partial charge is 0.402 e. The summed E-state index contributed by atoms with van der Waals surface area (Å²) in [6.45, 7) is 1.36. The number of rotatable bonds is 5. The molecule has 4 nitrogen and oxygen atoms in total. The molecule has 0 radical (unpaired) electrons. The molecule has 12 heteroatoms. The Kier molecular flexibility index (Phi) is 6.82. The summed E-state index contributed by atoms with van der Waals surface area (Å²) in [5, 5.41) is 3.90. The van der Waals surface area contributed by atoms with Gasteiger partial charge in [0.15, 0.2) is 23.3 Å². The van der Waals surface area contributed by atoms with Crippen LogP contribution in [0.1, 0.15) is 16.1 Å². The third kappa shape index (κ3) is 4.48. The van der Waals surface area contributed by atoms with E-state index in [1.807, 2.05) is 0 Å². The van der Waals surface area contributed by atoms with E-state index in [4.69, 9.17) is 16.3 Å². The van der Waals surface area contributed by atoms with Crippen molar-refractivity contribution in [3.05, 3.63) is 99.7 Å². The number of aryl methyl sites for hydroxylation is 1. The van der Waals surface area contributed by atoms with Gasteiger partial charge in [-0.15, -0.1) is 0 Å². The van der Waals surface area contributed by atoms with Crippen LogP contribution in [-0.2, 0) is 0 Å². The Bertz CT molecular complexity index is 1410. The first kappa shape index (κ1) is 24.7. The van der Waals surface area contributed by atoms with Gasteiger partial charge in [0.1, 0.15) is 11.4 Å². The molecule has 0 aliphatic heterocycles. The molecule has 0 amide bonds. The van der Waals surface area contributed by atoms with Crippen molar-refractivity contribution in [2.45, 2.75) is 16.7 Å². The van der Waals surface area contributed by atoms with E-state index >= 15 is 0 Å². The van der Waals surface area contributed by atoms with Crippen LogP contribution in [-0.4, -0.2) is 15.7 Å². The lowest BCUT2D eigenvalue weighted by molar-refractivity contribution is 0.0713. The van der Waals surface area contributed by atoms with E-state index in [1.54, 1.807) is 30.3 Å². The number of ether oxygens (including phenoxy) is 1. The number of esters is 1. The van der Waals surface area contributed by atoms with Gasteiger partial charge in [-0.25, -0.2) is 31.1 Å². The second-order valence-corrected chi connectivity index (χ2v) is 8.38. The highest BCUT2D eigenvalue weighted by Gasteiger charge is 2.31. The van der Waals surface area contributed by atoms with Crippen LogP contribution >= 0.6 is 23.4 Å². The molecular formula is C23H11ClF6N2O2S. The van der Waals surface area contributed by atoms with Crippen LogP contribution in [0.15, 0.2) is 58.3 Å². The summed E-state index contributed by atoms with van der Waals surface area (Å²) < 4.78 is 90.4. The fourth-order valence-corrected chi connectivity index (χ4v) is 4.26. The molecule has 1 heterocycles. The molecule has 4 rings (SSSR count). The maximum absolute atomic E-state index is 14.4. The van der Waals surface area contributed by atoms with Crippen molar-refractivity contribution in [3.63, 3.8) is 0 Å². The predicted molar refractivity (Wildman–Crippen MR) is 115 cm³/mol. The molecule has 35 heavy (non-hydrogen) atoms. The summed E-state index contributed by atoms with van der Waals surface area (Å²) >= 11 is 6.04. The molecule has 0 fully saturated rings. The van der Waals surface area contributed by atoms with Crippen molar-refractivity contribution in [2.24, 2.45) is 0 Å². The third-order valence-electron chi connectivity index (χ3n) is 4.70. The van der Waals surface area contributed by atoms with E-state index in [0.29, 0.717) is 5.69 Å². The molecule has 0 saturated carbocycles. The number of benzene rings is 3. The van der Waals surface area contributed by atoms with Gasteiger partial charge in [0.05, 0.1) is 26.2 Å². The average Bonchev–Trinajstić information content (AvgIpc) is 3.14. The molecule has 3 aromatic carbocycles. The number of aromatic nitrogens is 2. The standard InChI is InChI=1S/C23H11ClF6N2O2S/c1-10-20(35-21-18(29)16(27)15(26)17(28)19(21)30)22(32(31-10)11-6-3-2-4-7-11)34-23(33)14-12(24)8-5-9-13(14)25/h2-9H,1H3. The van der Waals surface area contributed by atoms with E-state index in [-0.39, 0.29) is 27.4 Å². The monoisotopic (exact) mass is 528 g/mol. The Morgan fingerprint density at radius 3 is 2.06 bits per heavy atom. The first-order valence-corrected chi connectivity index (χ1v) is 10.8. The molecule has 0 N–H and O–H groups in total. The van der Waals surface area contributed by atoms with Crippen LogP contribution in [0, 0.1) is 41.8 Å². The maximum Gasteiger partial charge on any atom is 0.349 e. The second kappa shape index (κ2) is 9.67.